The van der Waals surface area contributed by atoms with E-state index in [0.29, 0.717) is 6.54 Å². The standard InChI is InChI=1S/C17H19ClN4O2/c1-12-10-21(7-8-22(12)17(23)24)11-13-3-2-4-14(9-13)15-5-6-19-16(18)20-15/h2-6,9,12H,7-8,10-11H2,1H3,(H,23,24)/t12-/m1/s1. The van der Waals surface area contributed by atoms with Gasteiger partial charge in [-0.2, -0.15) is 0 Å². The Morgan fingerprint density at radius 2 is 2.21 bits per heavy atom. The highest BCUT2D eigenvalue weighted by Gasteiger charge is 2.26. The zero-order chi connectivity index (χ0) is 17.1. The molecule has 0 unspecified atom stereocenters. The molecule has 1 saturated heterocycles. The molecule has 1 atom stereocenters. The molecule has 126 valence electrons. The monoisotopic (exact) mass is 346 g/mol. The van der Waals surface area contributed by atoms with Gasteiger partial charge in [0.15, 0.2) is 0 Å². The van der Waals surface area contributed by atoms with Crippen LogP contribution in [-0.4, -0.2) is 56.6 Å². The molecule has 3 rings (SSSR count). The fourth-order valence-corrected chi connectivity index (χ4v) is 3.19. The fraction of sp³-hybridized carbons (Fsp3) is 0.353. The van der Waals surface area contributed by atoms with Gasteiger partial charge in [-0.3, -0.25) is 4.90 Å². The number of benzene rings is 1. The summed E-state index contributed by atoms with van der Waals surface area (Å²) >= 11 is 5.86. The minimum absolute atomic E-state index is 0.0000960. The molecule has 1 aliphatic heterocycles. The number of hydrogen-bond acceptors (Lipinski definition) is 4. The molecule has 0 bridgehead atoms. The Balaban J connectivity index is 1.71. The smallest absolute Gasteiger partial charge is 0.407 e. The second kappa shape index (κ2) is 7.15. The van der Waals surface area contributed by atoms with E-state index in [2.05, 4.69) is 27.0 Å². The Labute approximate surface area is 145 Å². The van der Waals surface area contributed by atoms with Crippen molar-refractivity contribution in [1.82, 2.24) is 19.8 Å². The van der Waals surface area contributed by atoms with Crippen LogP contribution in [0.1, 0.15) is 12.5 Å². The summed E-state index contributed by atoms with van der Waals surface area (Å²) < 4.78 is 0. The van der Waals surface area contributed by atoms with Crippen LogP contribution in [0.3, 0.4) is 0 Å². The molecule has 1 N–H and O–H groups in total. The molecule has 1 aromatic carbocycles. The predicted molar refractivity (Wildman–Crippen MR) is 91.9 cm³/mol. The predicted octanol–water partition coefficient (Wildman–Crippen LogP) is 2.98. The van der Waals surface area contributed by atoms with E-state index in [1.165, 1.54) is 10.5 Å². The van der Waals surface area contributed by atoms with E-state index in [1.807, 2.05) is 25.1 Å². The van der Waals surface area contributed by atoms with Crippen molar-refractivity contribution < 1.29 is 9.90 Å². The van der Waals surface area contributed by atoms with E-state index in [4.69, 9.17) is 16.7 Å². The van der Waals surface area contributed by atoms with Gasteiger partial charge in [0.25, 0.3) is 0 Å². The quantitative estimate of drug-likeness (QED) is 0.865. The molecule has 0 aliphatic carbocycles. The normalized spacial score (nSPS) is 18.6. The van der Waals surface area contributed by atoms with Gasteiger partial charge >= 0.3 is 6.09 Å². The number of carboxylic acid groups (broad SMARTS) is 1. The van der Waals surface area contributed by atoms with Gasteiger partial charge in [0.05, 0.1) is 5.69 Å². The maximum absolute atomic E-state index is 11.1. The van der Waals surface area contributed by atoms with E-state index in [-0.39, 0.29) is 11.3 Å². The first-order valence-electron chi connectivity index (χ1n) is 7.82. The Hall–Kier alpha value is -2.18. The van der Waals surface area contributed by atoms with E-state index < -0.39 is 6.09 Å². The van der Waals surface area contributed by atoms with Crippen molar-refractivity contribution in [2.45, 2.75) is 19.5 Å². The van der Waals surface area contributed by atoms with Gasteiger partial charge in [0, 0.05) is 44.0 Å². The van der Waals surface area contributed by atoms with Crippen LogP contribution >= 0.6 is 11.6 Å². The zero-order valence-corrected chi connectivity index (χ0v) is 14.1. The van der Waals surface area contributed by atoms with Crippen LogP contribution in [0.4, 0.5) is 4.79 Å². The van der Waals surface area contributed by atoms with Gasteiger partial charge in [-0.05, 0) is 36.2 Å². The number of hydrogen-bond donors (Lipinski definition) is 1. The Kier molecular flexibility index (Phi) is 4.97. The van der Waals surface area contributed by atoms with E-state index in [1.54, 1.807) is 6.20 Å². The molecule has 2 aromatic rings. The Bertz CT molecular complexity index is 740. The molecule has 2 heterocycles. The average molecular weight is 347 g/mol. The third kappa shape index (κ3) is 3.83. The van der Waals surface area contributed by atoms with Gasteiger partial charge in [-0.1, -0.05) is 18.2 Å². The lowest BCUT2D eigenvalue weighted by Crippen LogP contribution is -2.53. The molecule has 7 heteroatoms. The Morgan fingerprint density at radius 1 is 1.38 bits per heavy atom. The third-order valence-electron chi connectivity index (χ3n) is 4.21. The number of rotatable bonds is 3. The summed E-state index contributed by atoms with van der Waals surface area (Å²) in [6.07, 6.45) is 0.800. The first-order valence-corrected chi connectivity index (χ1v) is 8.20. The molecule has 1 aliphatic rings. The summed E-state index contributed by atoms with van der Waals surface area (Å²) in [6, 6.07) is 9.98. The molecule has 1 amide bonds. The van der Waals surface area contributed by atoms with E-state index in [0.717, 1.165) is 30.9 Å². The number of aromatic nitrogens is 2. The van der Waals surface area contributed by atoms with Crippen LogP contribution in [0, 0.1) is 0 Å². The summed E-state index contributed by atoms with van der Waals surface area (Å²) in [6.45, 7) is 4.73. The molecule has 24 heavy (non-hydrogen) atoms. The molecular formula is C17H19ClN4O2. The van der Waals surface area contributed by atoms with Crippen LogP contribution in [0.5, 0.6) is 0 Å². The number of amides is 1. The third-order valence-corrected chi connectivity index (χ3v) is 4.39. The highest BCUT2D eigenvalue weighted by Crippen LogP contribution is 2.21. The minimum atomic E-state index is -0.843. The topological polar surface area (TPSA) is 69.6 Å². The molecule has 0 saturated carbocycles. The summed E-state index contributed by atoms with van der Waals surface area (Å²) in [5, 5.41) is 9.39. The lowest BCUT2D eigenvalue weighted by molar-refractivity contribution is 0.0711. The maximum Gasteiger partial charge on any atom is 0.407 e. The number of carbonyl (C=O) groups is 1. The first kappa shape index (κ1) is 16.7. The second-order valence-corrected chi connectivity index (χ2v) is 6.31. The van der Waals surface area contributed by atoms with Gasteiger partial charge in [-0.25, -0.2) is 14.8 Å². The fourth-order valence-electron chi connectivity index (χ4n) is 3.04. The van der Waals surface area contributed by atoms with Crippen LogP contribution in [0.15, 0.2) is 36.5 Å². The van der Waals surface area contributed by atoms with Crippen LogP contribution in [0.2, 0.25) is 5.28 Å². The maximum atomic E-state index is 11.1. The SMILES string of the molecule is C[C@@H]1CN(Cc2cccc(-c3ccnc(Cl)n3)c2)CCN1C(=O)O. The molecule has 1 aromatic heterocycles. The van der Waals surface area contributed by atoms with Crippen LogP contribution in [0.25, 0.3) is 11.3 Å². The minimum Gasteiger partial charge on any atom is -0.465 e. The van der Waals surface area contributed by atoms with Crippen molar-refractivity contribution in [3.63, 3.8) is 0 Å². The molecule has 0 spiro atoms. The van der Waals surface area contributed by atoms with Crippen molar-refractivity contribution in [1.29, 1.82) is 0 Å². The van der Waals surface area contributed by atoms with Crippen molar-refractivity contribution >= 4 is 17.7 Å². The first-order chi connectivity index (χ1) is 11.5. The summed E-state index contributed by atoms with van der Waals surface area (Å²) in [4.78, 5) is 23.1. The molecule has 1 fully saturated rings. The summed E-state index contributed by atoms with van der Waals surface area (Å²) in [5.41, 5.74) is 2.95. The highest BCUT2D eigenvalue weighted by atomic mass is 35.5. The molecule has 0 radical (unpaired) electrons. The zero-order valence-electron chi connectivity index (χ0n) is 13.4. The molecular weight excluding hydrogens is 328 g/mol. The second-order valence-electron chi connectivity index (χ2n) is 5.97. The summed E-state index contributed by atoms with van der Waals surface area (Å²) in [5.74, 6) is 0. The van der Waals surface area contributed by atoms with E-state index in [9.17, 15) is 4.79 Å². The largest absolute Gasteiger partial charge is 0.465 e. The van der Waals surface area contributed by atoms with Gasteiger partial charge in [-0.15, -0.1) is 0 Å². The lowest BCUT2D eigenvalue weighted by atomic mass is 10.1. The molecule has 6 nitrogen and oxygen atoms in total. The van der Waals surface area contributed by atoms with E-state index >= 15 is 0 Å². The van der Waals surface area contributed by atoms with Gasteiger partial charge < -0.3 is 10.0 Å². The summed E-state index contributed by atoms with van der Waals surface area (Å²) in [7, 11) is 0. The van der Waals surface area contributed by atoms with Crippen molar-refractivity contribution in [2.75, 3.05) is 19.6 Å². The van der Waals surface area contributed by atoms with Crippen molar-refractivity contribution in [3.05, 3.63) is 47.4 Å². The number of piperazine rings is 1. The van der Waals surface area contributed by atoms with Crippen molar-refractivity contribution in [2.24, 2.45) is 0 Å². The lowest BCUT2D eigenvalue weighted by Gasteiger charge is -2.38. The van der Waals surface area contributed by atoms with Crippen LogP contribution in [-0.2, 0) is 6.54 Å². The van der Waals surface area contributed by atoms with Gasteiger partial charge in [0.1, 0.15) is 0 Å². The number of nitrogens with zero attached hydrogens (tertiary/aromatic N) is 4. The van der Waals surface area contributed by atoms with Crippen molar-refractivity contribution in [3.8, 4) is 11.3 Å². The number of halogens is 1. The highest BCUT2D eigenvalue weighted by molar-refractivity contribution is 6.28. The van der Waals surface area contributed by atoms with Crippen LogP contribution < -0.4 is 0 Å². The average Bonchev–Trinajstić information content (AvgIpc) is 2.55. The van der Waals surface area contributed by atoms with Gasteiger partial charge in [0.2, 0.25) is 5.28 Å². The Morgan fingerprint density at radius 3 is 2.92 bits per heavy atom.